The molecule has 0 spiro atoms. The smallest absolute Gasteiger partial charge is 0.271 e. The van der Waals surface area contributed by atoms with Crippen molar-refractivity contribution in [3.8, 4) is 0 Å². The Bertz CT molecular complexity index is 1120. The van der Waals surface area contributed by atoms with Crippen molar-refractivity contribution >= 4 is 29.2 Å². The fourth-order valence-electron chi connectivity index (χ4n) is 3.94. The summed E-state index contributed by atoms with van der Waals surface area (Å²) >= 11 is 0. The molecule has 0 aliphatic carbocycles. The van der Waals surface area contributed by atoms with Gasteiger partial charge in [0.05, 0.1) is 0 Å². The SMILES string of the molecule is C=C(/C=C(\C)CN1CC=C(C(N)/C(C)=C\C(=N)C(=O)N(C)C)CC1)/C(=C\C=NC)c1ccc(N)nc1. The van der Waals surface area contributed by atoms with Gasteiger partial charge in [-0.2, -0.15) is 0 Å². The molecular weight excluding hydrogens is 450 g/mol. The van der Waals surface area contributed by atoms with Crippen molar-refractivity contribution in [2.24, 2.45) is 10.7 Å². The summed E-state index contributed by atoms with van der Waals surface area (Å²) < 4.78 is 0. The largest absolute Gasteiger partial charge is 0.384 e. The number of aromatic nitrogens is 1. The Morgan fingerprint density at radius 3 is 2.61 bits per heavy atom. The van der Waals surface area contributed by atoms with E-state index in [1.54, 1.807) is 45.7 Å². The molecule has 0 radical (unpaired) electrons. The Labute approximate surface area is 215 Å². The lowest BCUT2D eigenvalue weighted by Crippen LogP contribution is -2.35. The molecule has 36 heavy (non-hydrogen) atoms. The Morgan fingerprint density at radius 2 is 2.06 bits per heavy atom. The Morgan fingerprint density at radius 1 is 1.33 bits per heavy atom. The van der Waals surface area contributed by atoms with Crippen molar-refractivity contribution < 1.29 is 4.79 Å². The molecule has 1 amide bonds. The lowest BCUT2D eigenvalue weighted by atomic mass is 9.94. The topological polar surface area (TPSA) is 125 Å². The maximum atomic E-state index is 12.0. The summed E-state index contributed by atoms with van der Waals surface area (Å²) in [5, 5.41) is 7.97. The van der Waals surface area contributed by atoms with E-state index >= 15 is 0 Å². The number of allylic oxidation sites excluding steroid dienone is 4. The van der Waals surface area contributed by atoms with Crippen LogP contribution < -0.4 is 11.5 Å². The normalized spacial score (nSPS) is 16.6. The van der Waals surface area contributed by atoms with E-state index < -0.39 is 0 Å². The summed E-state index contributed by atoms with van der Waals surface area (Å²) in [7, 11) is 5.00. The van der Waals surface area contributed by atoms with Crippen LogP contribution in [0.25, 0.3) is 5.57 Å². The number of nitrogens with one attached hydrogen (secondary N) is 1. The van der Waals surface area contributed by atoms with E-state index in [1.807, 2.05) is 19.1 Å². The van der Waals surface area contributed by atoms with Gasteiger partial charge in [-0.25, -0.2) is 4.98 Å². The van der Waals surface area contributed by atoms with Gasteiger partial charge in [0.2, 0.25) is 0 Å². The highest BCUT2D eigenvalue weighted by atomic mass is 16.2. The molecule has 1 aromatic heterocycles. The summed E-state index contributed by atoms with van der Waals surface area (Å²) in [5.74, 6) is 0.143. The molecule has 0 bridgehead atoms. The monoisotopic (exact) mass is 489 g/mol. The van der Waals surface area contributed by atoms with Gasteiger partial charge in [-0.15, -0.1) is 0 Å². The fraction of sp³-hybridized carbons (Fsp3) is 0.357. The van der Waals surface area contributed by atoms with Crippen molar-refractivity contribution in [1.29, 1.82) is 5.41 Å². The zero-order valence-corrected chi connectivity index (χ0v) is 22.1. The van der Waals surface area contributed by atoms with E-state index in [0.717, 1.165) is 53.9 Å². The fourth-order valence-corrected chi connectivity index (χ4v) is 3.94. The van der Waals surface area contributed by atoms with Gasteiger partial charge in [-0.05, 0) is 55.7 Å². The first-order valence-electron chi connectivity index (χ1n) is 11.9. The molecular formula is C28H39N7O. The number of hydrogen-bond acceptors (Lipinski definition) is 7. The molecule has 1 unspecified atom stereocenters. The van der Waals surface area contributed by atoms with Crippen LogP contribution in [0.4, 0.5) is 5.82 Å². The average molecular weight is 490 g/mol. The van der Waals surface area contributed by atoms with Gasteiger partial charge in [0.1, 0.15) is 11.5 Å². The summed E-state index contributed by atoms with van der Waals surface area (Å²) in [6.45, 7) is 10.7. The highest BCUT2D eigenvalue weighted by Gasteiger charge is 2.19. The van der Waals surface area contributed by atoms with Crippen molar-refractivity contribution in [3.05, 3.63) is 77.1 Å². The van der Waals surface area contributed by atoms with Gasteiger partial charge >= 0.3 is 0 Å². The summed E-state index contributed by atoms with van der Waals surface area (Å²) in [4.78, 5) is 24.0. The molecule has 2 heterocycles. The van der Waals surface area contributed by atoms with Gasteiger partial charge in [-0.3, -0.25) is 20.1 Å². The van der Waals surface area contributed by atoms with E-state index in [9.17, 15) is 4.79 Å². The predicted molar refractivity (Wildman–Crippen MR) is 151 cm³/mol. The second-order valence-corrected chi connectivity index (χ2v) is 9.22. The van der Waals surface area contributed by atoms with Crippen LogP contribution in [0.3, 0.4) is 0 Å². The molecule has 8 nitrogen and oxygen atoms in total. The van der Waals surface area contributed by atoms with Crippen LogP contribution in [-0.2, 0) is 4.79 Å². The lowest BCUT2D eigenvalue weighted by Gasteiger charge is -2.29. The summed E-state index contributed by atoms with van der Waals surface area (Å²) in [6.07, 6.45) is 12.1. The maximum absolute atomic E-state index is 12.0. The third kappa shape index (κ3) is 8.25. The van der Waals surface area contributed by atoms with Gasteiger partial charge in [0, 0.05) is 64.8 Å². The Kier molecular flexibility index (Phi) is 10.7. The first-order valence-corrected chi connectivity index (χ1v) is 11.9. The van der Waals surface area contributed by atoms with E-state index in [1.165, 1.54) is 10.5 Å². The Balaban J connectivity index is 2.05. The molecule has 0 saturated carbocycles. The number of aliphatic imine (C=N–C) groups is 1. The number of amides is 1. The van der Waals surface area contributed by atoms with Gasteiger partial charge in [-0.1, -0.05) is 35.5 Å². The van der Waals surface area contributed by atoms with Crippen LogP contribution in [0.5, 0.6) is 0 Å². The van der Waals surface area contributed by atoms with Crippen molar-refractivity contribution in [1.82, 2.24) is 14.8 Å². The standard InChI is InChI=1S/C28H39N7O/c1-19(15-20(2)24(9-12-32-4)23-7-8-26(30)33-17-23)18-35-13-10-22(11-14-35)27(31)21(3)16-25(29)28(36)34(5)6/h7-10,12,15-17,27,29H,2,11,13-14,18,31H2,1,3-6H3,(H2,30,33)/b19-15+,21-16-,24-9+,29-25?,32-12?. The predicted octanol–water partition coefficient (Wildman–Crippen LogP) is 3.26. The van der Waals surface area contributed by atoms with Crippen LogP contribution in [0, 0.1) is 5.41 Å². The number of pyridine rings is 1. The zero-order chi connectivity index (χ0) is 26.8. The third-order valence-corrected chi connectivity index (χ3v) is 5.95. The molecule has 0 saturated heterocycles. The molecule has 1 aliphatic rings. The maximum Gasteiger partial charge on any atom is 0.271 e. The van der Waals surface area contributed by atoms with E-state index in [-0.39, 0.29) is 17.7 Å². The van der Waals surface area contributed by atoms with Crippen LogP contribution in [0.2, 0.25) is 0 Å². The van der Waals surface area contributed by atoms with E-state index in [0.29, 0.717) is 5.82 Å². The Hall–Kier alpha value is -3.62. The highest BCUT2D eigenvalue weighted by Crippen LogP contribution is 2.24. The van der Waals surface area contributed by atoms with Crippen LogP contribution in [0.1, 0.15) is 25.8 Å². The molecule has 8 heteroatoms. The minimum Gasteiger partial charge on any atom is -0.384 e. The number of rotatable bonds is 10. The third-order valence-electron chi connectivity index (χ3n) is 5.95. The molecule has 0 aromatic carbocycles. The second-order valence-electron chi connectivity index (χ2n) is 9.22. The summed E-state index contributed by atoms with van der Waals surface area (Å²) in [5.41, 5.74) is 18.0. The molecule has 1 atom stereocenters. The van der Waals surface area contributed by atoms with Crippen molar-refractivity contribution in [2.45, 2.75) is 26.3 Å². The van der Waals surface area contributed by atoms with E-state index in [2.05, 4.69) is 40.5 Å². The van der Waals surface area contributed by atoms with Crippen LogP contribution >= 0.6 is 0 Å². The number of carbonyl (C=O) groups is 1. The summed E-state index contributed by atoms with van der Waals surface area (Å²) in [6, 6.07) is 3.42. The highest BCUT2D eigenvalue weighted by molar-refractivity contribution is 6.42. The number of hydrogen-bond donors (Lipinski definition) is 3. The number of anilines is 1. The van der Waals surface area contributed by atoms with Crippen LogP contribution in [-0.4, -0.2) is 79.4 Å². The molecule has 2 rings (SSSR count). The van der Waals surface area contributed by atoms with Gasteiger partial charge in [0.25, 0.3) is 5.91 Å². The lowest BCUT2D eigenvalue weighted by molar-refractivity contribution is -0.121. The average Bonchev–Trinajstić information content (AvgIpc) is 2.84. The quantitative estimate of drug-likeness (QED) is 0.264. The number of carbonyl (C=O) groups excluding carboxylic acids is 1. The molecule has 1 aliphatic heterocycles. The minimum absolute atomic E-state index is 0.0552. The van der Waals surface area contributed by atoms with Crippen molar-refractivity contribution in [3.63, 3.8) is 0 Å². The van der Waals surface area contributed by atoms with Gasteiger partial charge < -0.3 is 16.4 Å². The van der Waals surface area contributed by atoms with E-state index in [4.69, 9.17) is 16.9 Å². The number of nitrogens with zero attached hydrogens (tertiary/aromatic N) is 4. The molecule has 1 aromatic rings. The minimum atomic E-state index is -0.332. The number of nitrogen functional groups attached to an aromatic ring is 1. The van der Waals surface area contributed by atoms with Crippen molar-refractivity contribution in [2.75, 3.05) is 46.5 Å². The molecule has 192 valence electrons. The second kappa shape index (κ2) is 13.5. The van der Waals surface area contributed by atoms with Crippen LogP contribution in [0.15, 0.2) is 76.5 Å². The van der Waals surface area contributed by atoms with Gasteiger partial charge in [0.15, 0.2) is 0 Å². The molecule has 0 fully saturated rings. The number of nitrogens with two attached hydrogens (primary N) is 2. The molecule has 5 N–H and O–H groups in total. The first-order chi connectivity index (χ1) is 17.0. The zero-order valence-electron chi connectivity index (χ0n) is 22.1. The first kappa shape index (κ1) is 28.6.